The van der Waals surface area contributed by atoms with Crippen LogP contribution in [0.3, 0.4) is 0 Å². The smallest absolute Gasteiger partial charge is 0.259 e. The number of rotatable bonds is 3. The molecule has 0 bridgehead atoms. The van der Waals surface area contributed by atoms with Gasteiger partial charge in [0, 0.05) is 25.7 Å². The van der Waals surface area contributed by atoms with Crippen LogP contribution in [-0.2, 0) is 4.79 Å². The Morgan fingerprint density at radius 3 is 3.06 bits per heavy atom. The third-order valence-electron chi connectivity index (χ3n) is 2.66. The molecule has 1 aromatic rings. The molecule has 0 aliphatic carbocycles. The number of ether oxygens (including phenoxy) is 2. The number of nitrogens with two attached hydrogens (primary N) is 1. The Morgan fingerprint density at radius 2 is 2.35 bits per heavy atom. The summed E-state index contributed by atoms with van der Waals surface area (Å²) in [5.74, 6) is 1.28. The van der Waals surface area contributed by atoms with Gasteiger partial charge < -0.3 is 20.1 Å². The summed E-state index contributed by atoms with van der Waals surface area (Å²) in [5.41, 5.74) is 6.81. The number of hydrogen-bond donors (Lipinski definition) is 1. The average Bonchev–Trinajstić information content (AvgIpc) is 2.67. The van der Waals surface area contributed by atoms with Crippen LogP contribution in [-0.4, -0.2) is 38.1 Å². The summed E-state index contributed by atoms with van der Waals surface area (Å²) in [4.78, 5) is 12.8. The fourth-order valence-electron chi connectivity index (χ4n) is 1.58. The third kappa shape index (κ3) is 2.50. The zero-order valence-electron chi connectivity index (χ0n) is 9.97. The lowest BCUT2D eigenvalue weighted by molar-refractivity contribution is -0.130. The minimum Gasteiger partial charge on any atom is -0.491 e. The van der Waals surface area contributed by atoms with Gasteiger partial charge in [0.15, 0.2) is 6.61 Å². The Morgan fingerprint density at radius 1 is 1.59 bits per heavy atom. The second-order valence-corrected chi connectivity index (χ2v) is 4.19. The van der Waals surface area contributed by atoms with Crippen LogP contribution in [0.5, 0.6) is 11.5 Å². The van der Waals surface area contributed by atoms with E-state index < -0.39 is 0 Å². The number of benzene rings is 1. The lowest BCUT2D eigenvalue weighted by Crippen LogP contribution is -2.27. The van der Waals surface area contributed by atoms with E-state index in [9.17, 15) is 4.79 Å². The van der Waals surface area contributed by atoms with Gasteiger partial charge in [-0.2, -0.15) is 0 Å². The molecular formula is C12H16N2O3. The second kappa shape index (κ2) is 4.63. The first-order valence-electron chi connectivity index (χ1n) is 5.43. The van der Waals surface area contributed by atoms with Crippen molar-refractivity contribution in [1.82, 2.24) is 4.90 Å². The third-order valence-corrected chi connectivity index (χ3v) is 2.66. The van der Waals surface area contributed by atoms with E-state index >= 15 is 0 Å². The number of hydrogen-bond acceptors (Lipinski definition) is 4. The minimum atomic E-state index is -0.0804. The van der Waals surface area contributed by atoms with Crippen molar-refractivity contribution in [2.45, 2.75) is 6.04 Å². The molecule has 1 unspecified atom stereocenters. The highest BCUT2D eigenvalue weighted by atomic mass is 16.5. The van der Waals surface area contributed by atoms with E-state index in [0.29, 0.717) is 12.4 Å². The molecule has 1 aromatic carbocycles. The predicted octanol–water partition coefficient (Wildman–Crippen LogP) is 0.546. The summed E-state index contributed by atoms with van der Waals surface area (Å²) in [6.07, 6.45) is 0. The van der Waals surface area contributed by atoms with Gasteiger partial charge in [-0.25, -0.2) is 0 Å². The fourth-order valence-corrected chi connectivity index (χ4v) is 1.58. The highest BCUT2D eigenvalue weighted by Gasteiger charge is 2.20. The van der Waals surface area contributed by atoms with Crippen LogP contribution in [0.25, 0.3) is 0 Å². The van der Waals surface area contributed by atoms with Gasteiger partial charge in [-0.05, 0) is 12.1 Å². The lowest BCUT2D eigenvalue weighted by atomic mass is 10.1. The molecule has 0 saturated heterocycles. The highest BCUT2D eigenvalue weighted by Crippen LogP contribution is 2.33. The Kier molecular flexibility index (Phi) is 3.19. The molecule has 1 heterocycles. The molecular weight excluding hydrogens is 220 g/mol. The summed E-state index contributed by atoms with van der Waals surface area (Å²) in [6, 6.07) is 5.38. The molecule has 17 heavy (non-hydrogen) atoms. The number of likely N-dealkylation sites (N-methyl/N-ethyl adjacent to an activating group) is 1. The van der Waals surface area contributed by atoms with Crippen molar-refractivity contribution < 1.29 is 14.3 Å². The van der Waals surface area contributed by atoms with E-state index in [0.717, 1.165) is 11.3 Å². The summed E-state index contributed by atoms with van der Waals surface area (Å²) < 4.78 is 10.8. The Labute approximate surface area is 100 Å². The van der Waals surface area contributed by atoms with Crippen LogP contribution >= 0.6 is 0 Å². The van der Waals surface area contributed by atoms with Gasteiger partial charge in [-0.3, -0.25) is 4.79 Å². The van der Waals surface area contributed by atoms with Gasteiger partial charge >= 0.3 is 0 Å². The van der Waals surface area contributed by atoms with Crippen molar-refractivity contribution in [3.63, 3.8) is 0 Å². The van der Waals surface area contributed by atoms with Crippen LogP contribution in [0.15, 0.2) is 18.2 Å². The molecule has 1 atom stereocenters. The predicted molar refractivity (Wildman–Crippen MR) is 63.1 cm³/mol. The first-order chi connectivity index (χ1) is 8.08. The molecule has 2 rings (SSSR count). The number of carbonyl (C=O) groups excluding carboxylic acids is 1. The van der Waals surface area contributed by atoms with Gasteiger partial charge in [0.2, 0.25) is 0 Å². The van der Waals surface area contributed by atoms with Gasteiger partial charge in [0.1, 0.15) is 18.1 Å². The Hall–Kier alpha value is -1.75. The summed E-state index contributed by atoms with van der Waals surface area (Å²) >= 11 is 0. The quantitative estimate of drug-likeness (QED) is 0.832. The van der Waals surface area contributed by atoms with Crippen LogP contribution in [0, 0.1) is 0 Å². The molecule has 5 heteroatoms. The molecule has 5 nitrogen and oxygen atoms in total. The van der Waals surface area contributed by atoms with Gasteiger partial charge in [-0.15, -0.1) is 0 Å². The standard InChI is InChI=1S/C12H16N2O3/c1-14(2)12(15)7-16-8-3-4-9-10(13)6-17-11(9)5-8/h3-5,10H,6-7,13H2,1-2H3. The van der Waals surface area contributed by atoms with Crippen molar-refractivity contribution in [2.24, 2.45) is 5.73 Å². The number of amides is 1. The van der Waals surface area contributed by atoms with Crippen molar-refractivity contribution in [3.05, 3.63) is 23.8 Å². The summed E-state index contributed by atoms with van der Waals surface area (Å²) in [7, 11) is 3.38. The molecule has 0 saturated carbocycles. The van der Waals surface area contributed by atoms with Crippen molar-refractivity contribution in [2.75, 3.05) is 27.3 Å². The Bertz CT molecular complexity index is 432. The van der Waals surface area contributed by atoms with Crippen molar-refractivity contribution in [1.29, 1.82) is 0 Å². The van der Waals surface area contributed by atoms with Crippen LogP contribution in [0.1, 0.15) is 11.6 Å². The molecule has 0 spiro atoms. The highest BCUT2D eigenvalue weighted by molar-refractivity contribution is 5.77. The zero-order chi connectivity index (χ0) is 12.4. The zero-order valence-corrected chi connectivity index (χ0v) is 9.97. The van der Waals surface area contributed by atoms with E-state index in [2.05, 4.69) is 0 Å². The maximum atomic E-state index is 11.4. The van der Waals surface area contributed by atoms with E-state index in [1.807, 2.05) is 6.07 Å². The maximum Gasteiger partial charge on any atom is 0.259 e. The van der Waals surface area contributed by atoms with Crippen LogP contribution in [0.4, 0.5) is 0 Å². The molecule has 0 fully saturated rings. The van der Waals surface area contributed by atoms with Gasteiger partial charge in [0.05, 0.1) is 6.04 Å². The van der Waals surface area contributed by atoms with E-state index in [4.69, 9.17) is 15.2 Å². The molecule has 0 radical (unpaired) electrons. The van der Waals surface area contributed by atoms with Crippen LogP contribution < -0.4 is 15.2 Å². The normalized spacial score (nSPS) is 17.2. The Balaban J connectivity index is 2.02. The summed E-state index contributed by atoms with van der Waals surface area (Å²) in [6.45, 7) is 0.521. The second-order valence-electron chi connectivity index (χ2n) is 4.19. The fraction of sp³-hybridized carbons (Fsp3) is 0.417. The first kappa shape index (κ1) is 11.7. The molecule has 2 N–H and O–H groups in total. The minimum absolute atomic E-state index is 0.0256. The average molecular weight is 236 g/mol. The number of fused-ring (bicyclic) bond motifs is 1. The molecule has 1 aliphatic heterocycles. The monoisotopic (exact) mass is 236 g/mol. The van der Waals surface area contributed by atoms with Gasteiger partial charge in [-0.1, -0.05) is 0 Å². The molecule has 1 amide bonds. The van der Waals surface area contributed by atoms with E-state index in [1.54, 1.807) is 26.2 Å². The molecule has 92 valence electrons. The largest absolute Gasteiger partial charge is 0.491 e. The van der Waals surface area contributed by atoms with Gasteiger partial charge in [0.25, 0.3) is 5.91 Å². The summed E-state index contributed by atoms with van der Waals surface area (Å²) in [5, 5.41) is 0. The molecule has 0 aromatic heterocycles. The topological polar surface area (TPSA) is 64.8 Å². The van der Waals surface area contributed by atoms with E-state index in [-0.39, 0.29) is 18.6 Å². The van der Waals surface area contributed by atoms with E-state index in [1.165, 1.54) is 4.90 Å². The van der Waals surface area contributed by atoms with Crippen LogP contribution in [0.2, 0.25) is 0 Å². The van der Waals surface area contributed by atoms with Crippen molar-refractivity contribution in [3.8, 4) is 11.5 Å². The maximum absolute atomic E-state index is 11.4. The SMILES string of the molecule is CN(C)C(=O)COc1ccc2c(c1)OCC2N. The first-order valence-corrected chi connectivity index (χ1v) is 5.43. The molecule has 1 aliphatic rings. The van der Waals surface area contributed by atoms with Crippen molar-refractivity contribution >= 4 is 5.91 Å². The lowest BCUT2D eigenvalue weighted by Gasteiger charge is -2.11. The number of nitrogens with zero attached hydrogens (tertiary/aromatic N) is 1. The number of carbonyl (C=O) groups is 1.